The van der Waals surface area contributed by atoms with Crippen LogP contribution in [0.4, 0.5) is 0 Å². The van der Waals surface area contributed by atoms with E-state index in [1.807, 2.05) is 32.2 Å². The number of likely N-dealkylation sites (tertiary alicyclic amines) is 1. The van der Waals surface area contributed by atoms with Crippen LogP contribution in [0.1, 0.15) is 24.1 Å². The zero-order chi connectivity index (χ0) is 17.3. The summed E-state index contributed by atoms with van der Waals surface area (Å²) in [7, 11) is -1.43. The lowest BCUT2D eigenvalue weighted by Gasteiger charge is -2.31. The first kappa shape index (κ1) is 17.5. The topological polar surface area (TPSA) is 55.2 Å². The Balaban J connectivity index is 1.63. The van der Waals surface area contributed by atoms with E-state index in [1.165, 1.54) is 0 Å². The maximum atomic E-state index is 12.8. The highest BCUT2D eigenvalue weighted by atomic mass is 35.5. The molecule has 130 valence electrons. The van der Waals surface area contributed by atoms with Crippen molar-refractivity contribution in [2.24, 2.45) is 7.05 Å². The number of rotatable bonds is 4. The number of halogens is 1. The Morgan fingerprint density at radius 1 is 1.21 bits per heavy atom. The average molecular weight is 368 g/mol. The summed E-state index contributed by atoms with van der Waals surface area (Å²) < 4.78 is 27.2. The maximum absolute atomic E-state index is 12.8. The molecule has 1 fully saturated rings. The van der Waals surface area contributed by atoms with Crippen LogP contribution < -0.4 is 0 Å². The van der Waals surface area contributed by atoms with Crippen LogP contribution in [0.5, 0.6) is 0 Å². The van der Waals surface area contributed by atoms with Gasteiger partial charge in [0.05, 0.1) is 15.8 Å². The van der Waals surface area contributed by atoms with Crippen LogP contribution in [0.2, 0.25) is 5.15 Å². The summed E-state index contributed by atoms with van der Waals surface area (Å²) in [4.78, 5) is 2.67. The molecular weight excluding hydrogens is 346 g/mol. The van der Waals surface area contributed by atoms with Crippen molar-refractivity contribution in [1.82, 2.24) is 14.7 Å². The van der Waals surface area contributed by atoms with Crippen LogP contribution in [0, 0.1) is 6.92 Å². The molecule has 2 heterocycles. The minimum Gasteiger partial charge on any atom is -0.297 e. The normalized spacial score (nSPS) is 17.3. The first-order valence-electron chi connectivity index (χ1n) is 8.07. The number of piperidine rings is 1. The molecule has 1 saturated heterocycles. The molecule has 0 unspecified atom stereocenters. The van der Waals surface area contributed by atoms with Gasteiger partial charge in [0.1, 0.15) is 5.15 Å². The number of aryl methyl sites for hydroxylation is 2. The van der Waals surface area contributed by atoms with Gasteiger partial charge >= 0.3 is 0 Å². The van der Waals surface area contributed by atoms with Crippen LogP contribution in [-0.2, 0) is 23.4 Å². The van der Waals surface area contributed by atoms with Gasteiger partial charge in [-0.05, 0) is 51.1 Å². The van der Waals surface area contributed by atoms with Crippen molar-refractivity contribution in [1.29, 1.82) is 0 Å². The van der Waals surface area contributed by atoms with Crippen LogP contribution >= 0.6 is 11.6 Å². The Kier molecular flexibility index (Phi) is 4.99. The number of hydrogen-bond acceptors (Lipinski definition) is 4. The van der Waals surface area contributed by atoms with Gasteiger partial charge in [0.2, 0.25) is 0 Å². The third-order valence-corrected chi connectivity index (χ3v) is 7.21. The summed E-state index contributed by atoms with van der Waals surface area (Å²) in [6, 6.07) is 9.00. The van der Waals surface area contributed by atoms with Crippen molar-refractivity contribution < 1.29 is 8.42 Å². The molecule has 0 atom stereocenters. The number of benzene rings is 1. The molecule has 1 aromatic carbocycles. The van der Waals surface area contributed by atoms with Crippen molar-refractivity contribution in [3.8, 4) is 0 Å². The van der Waals surface area contributed by atoms with Gasteiger partial charge in [-0.15, -0.1) is 0 Å². The fraction of sp³-hybridized carbons (Fsp3) is 0.471. The minimum absolute atomic E-state index is 0.302. The first-order valence-corrected chi connectivity index (χ1v) is 10.00. The van der Waals surface area contributed by atoms with Gasteiger partial charge in [0.25, 0.3) is 0 Å². The van der Waals surface area contributed by atoms with Crippen molar-refractivity contribution in [3.05, 3.63) is 46.7 Å². The number of nitrogens with zero attached hydrogens (tertiary/aromatic N) is 3. The summed E-state index contributed by atoms with van der Waals surface area (Å²) in [5.74, 6) is 0. The molecule has 7 heteroatoms. The summed E-state index contributed by atoms with van der Waals surface area (Å²) in [5.41, 5.74) is 1.99. The lowest BCUT2D eigenvalue weighted by Crippen LogP contribution is -2.39. The zero-order valence-electron chi connectivity index (χ0n) is 13.9. The molecule has 3 rings (SSSR count). The Morgan fingerprint density at radius 2 is 1.83 bits per heavy atom. The molecule has 2 aromatic rings. The van der Waals surface area contributed by atoms with E-state index in [1.54, 1.807) is 16.8 Å². The van der Waals surface area contributed by atoms with Crippen LogP contribution in [0.3, 0.4) is 0 Å². The van der Waals surface area contributed by atoms with E-state index in [0.717, 1.165) is 24.3 Å². The molecule has 1 aliphatic heterocycles. The predicted molar refractivity (Wildman–Crippen MR) is 94.9 cm³/mol. The van der Waals surface area contributed by atoms with Crippen molar-refractivity contribution >= 4 is 21.4 Å². The highest BCUT2D eigenvalue weighted by Crippen LogP contribution is 2.25. The van der Waals surface area contributed by atoms with E-state index in [-0.39, 0.29) is 5.25 Å². The maximum Gasteiger partial charge on any atom is 0.181 e. The van der Waals surface area contributed by atoms with E-state index < -0.39 is 9.84 Å². The first-order chi connectivity index (χ1) is 11.4. The summed E-state index contributed by atoms with van der Waals surface area (Å²) in [5, 5.41) is 4.66. The largest absolute Gasteiger partial charge is 0.297 e. The summed E-state index contributed by atoms with van der Waals surface area (Å²) in [6.07, 6.45) is 1.30. The molecule has 1 aromatic heterocycles. The second-order valence-electron chi connectivity index (χ2n) is 6.42. The second-order valence-corrected chi connectivity index (χ2v) is 9.03. The van der Waals surface area contributed by atoms with Crippen molar-refractivity contribution in [2.75, 3.05) is 13.1 Å². The van der Waals surface area contributed by atoms with Crippen LogP contribution in [0.15, 0.2) is 35.2 Å². The standard InChI is InChI=1S/C17H22ClN3O2S/c1-13-3-5-15(6-4-13)24(22,23)16-7-9-21(10-8-16)12-14-11-17(18)20(2)19-14/h3-6,11,16H,7-10,12H2,1-2H3. The van der Waals surface area contributed by atoms with E-state index in [2.05, 4.69) is 10.00 Å². The third kappa shape index (κ3) is 3.66. The SMILES string of the molecule is Cc1ccc(S(=O)(=O)C2CCN(Cc3cc(Cl)n(C)n3)CC2)cc1. The smallest absolute Gasteiger partial charge is 0.181 e. The van der Waals surface area contributed by atoms with Gasteiger partial charge in [-0.25, -0.2) is 8.42 Å². The molecule has 24 heavy (non-hydrogen) atoms. The Bertz CT molecular complexity index is 787. The average Bonchev–Trinajstić information content (AvgIpc) is 2.86. The Hall–Kier alpha value is -1.37. The van der Waals surface area contributed by atoms with Gasteiger partial charge in [-0.3, -0.25) is 9.58 Å². The molecule has 0 aliphatic carbocycles. The number of hydrogen-bond donors (Lipinski definition) is 0. The minimum atomic E-state index is -3.25. The fourth-order valence-electron chi connectivity index (χ4n) is 3.10. The summed E-state index contributed by atoms with van der Waals surface area (Å²) >= 11 is 6.01. The number of sulfone groups is 1. The van der Waals surface area contributed by atoms with Crippen LogP contribution in [-0.4, -0.2) is 41.4 Å². The highest BCUT2D eigenvalue weighted by Gasteiger charge is 2.31. The summed E-state index contributed by atoms with van der Waals surface area (Å²) in [6.45, 7) is 4.17. The van der Waals surface area contributed by atoms with E-state index in [4.69, 9.17) is 11.6 Å². The molecule has 0 N–H and O–H groups in total. The Morgan fingerprint density at radius 3 is 2.38 bits per heavy atom. The zero-order valence-corrected chi connectivity index (χ0v) is 15.5. The van der Waals surface area contributed by atoms with Gasteiger partial charge < -0.3 is 0 Å². The van der Waals surface area contributed by atoms with Gasteiger partial charge in [0, 0.05) is 13.6 Å². The molecule has 0 radical (unpaired) electrons. The van der Waals surface area contributed by atoms with E-state index >= 15 is 0 Å². The van der Waals surface area contributed by atoms with Crippen molar-refractivity contribution in [3.63, 3.8) is 0 Å². The molecule has 0 bridgehead atoms. The van der Waals surface area contributed by atoms with Gasteiger partial charge in [0.15, 0.2) is 9.84 Å². The molecule has 0 amide bonds. The van der Waals surface area contributed by atoms with Gasteiger partial charge in [-0.1, -0.05) is 29.3 Å². The third-order valence-electron chi connectivity index (χ3n) is 4.58. The molecule has 0 spiro atoms. The predicted octanol–water partition coefficient (Wildman–Crippen LogP) is 2.82. The second kappa shape index (κ2) is 6.86. The quantitative estimate of drug-likeness (QED) is 0.833. The highest BCUT2D eigenvalue weighted by molar-refractivity contribution is 7.92. The monoisotopic (exact) mass is 367 g/mol. The lowest BCUT2D eigenvalue weighted by molar-refractivity contribution is 0.219. The Labute approximate surface area is 148 Å². The molecule has 5 nitrogen and oxygen atoms in total. The molecular formula is C17H22ClN3O2S. The van der Waals surface area contributed by atoms with Gasteiger partial charge in [-0.2, -0.15) is 5.10 Å². The molecule has 1 aliphatic rings. The van der Waals surface area contributed by atoms with E-state index in [0.29, 0.717) is 29.4 Å². The molecule has 0 saturated carbocycles. The van der Waals surface area contributed by atoms with Crippen LogP contribution in [0.25, 0.3) is 0 Å². The van der Waals surface area contributed by atoms with Crippen molar-refractivity contribution in [2.45, 2.75) is 36.5 Å². The van der Waals surface area contributed by atoms with E-state index in [9.17, 15) is 8.42 Å². The fourth-order valence-corrected chi connectivity index (χ4v) is 5.00. The lowest BCUT2D eigenvalue weighted by atomic mass is 10.1. The number of aromatic nitrogens is 2.